The summed E-state index contributed by atoms with van der Waals surface area (Å²) in [7, 11) is 0. The molecular formula is C16H27NO7. The number of rotatable bonds is 10. The highest BCUT2D eigenvalue weighted by Gasteiger charge is 2.35. The minimum absolute atomic E-state index is 0.198. The normalized spacial score (nSPS) is 14.0. The maximum absolute atomic E-state index is 11.5. The number of hydrogen-bond donors (Lipinski definition) is 1. The second-order valence-corrected chi connectivity index (χ2v) is 5.47. The van der Waals surface area contributed by atoms with Crippen molar-refractivity contribution >= 4 is 23.8 Å². The van der Waals surface area contributed by atoms with Gasteiger partial charge in [-0.1, -0.05) is 13.3 Å². The molecule has 1 amide bonds. The van der Waals surface area contributed by atoms with Gasteiger partial charge in [-0.3, -0.25) is 19.2 Å². The molecule has 8 nitrogen and oxygen atoms in total. The molecule has 0 aromatic heterocycles. The minimum atomic E-state index is -0.957. The Hall–Kier alpha value is -2.12. The van der Waals surface area contributed by atoms with Gasteiger partial charge >= 0.3 is 17.9 Å². The van der Waals surface area contributed by atoms with Crippen LogP contribution in [-0.2, 0) is 33.4 Å². The highest BCUT2D eigenvalue weighted by atomic mass is 16.6. The molecule has 24 heavy (non-hydrogen) atoms. The molecule has 0 unspecified atom stereocenters. The molecule has 3 atom stereocenters. The summed E-state index contributed by atoms with van der Waals surface area (Å²) >= 11 is 0. The van der Waals surface area contributed by atoms with Crippen LogP contribution in [0.25, 0.3) is 0 Å². The summed E-state index contributed by atoms with van der Waals surface area (Å²) < 4.78 is 15.5. The van der Waals surface area contributed by atoms with Gasteiger partial charge in [0.15, 0.2) is 6.10 Å². The smallest absolute Gasteiger partial charge is 0.303 e. The zero-order valence-corrected chi connectivity index (χ0v) is 14.9. The molecule has 0 bridgehead atoms. The summed E-state index contributed by atoms with van der Waals surface area (Å²) in [5, 5.41) is 2.59. The van der Waals surface area contributed by atoms with Crippen molar-refractivity contribution in [2.45, 2.75) is 72.1 Å². The largest absolute Gasteiger partial charge is 0.464 e. The van der Waals surface area contributed by atoms with Crippen molar-refractivity contribution in [2.24, 2.45) is 0 Å². The Morgan fingerprint density at radius 1 is 0.917 bits per heavy atom. The molecule has 0 aromatic rings. The zero-order valence-electron chi connectivity index (χ0n) is 14.9. The van der Waals surface area contributed by atoms with Gasteiger partial charge in [-0.15, -0.1) is 0 Å². The van der Waals surface area contributed by atoms with Gasteiger partial charge in [-0.2, -0.15) is 0 Å². The van der Waals surface area contributed by atoms with E-state index < -0.39 is 36.2 Å². The number of ether oxygens (including phenoxy) is 3. The van der Waals surface area contributed by atoms with Crippen LogP contribution in [0, 0.1) is 0 Å². The van der Waals surface area contributed by atoms with Gasteiger partial charge < -0.3 is 19.5 Å². The fourth-order valence-corrected chi connectivity index (χ4v) is 2.20. The zero-order chi connectivity index (χ0) is 18.7. The Kier molecular flexibility index (Phi) is 10.4. The van der Waals surface area contributed by atoms with Gasteiger partial charge in [0.1, 0.15) is 18.8 Å². The Balaban J connectivity index is 5.45. The summed E-state index contributed by atoms with van der Waals surface area (Å²) in [4.78, 5) is 45.4. The third-order valence-corrected chi connectivity index (χ3v) is 3.08. The lowest BCUT2D eigenvalue weighted by atomic mass is 10.00. The van der Waals surface area contributed by atoms with Crippen molar-refractivity contribution < 1.29 is 33.4 Å². The molecule has 8 heteroatoms. The van der Waals surface area contributed by atoms with E-state index in [0.717, 1.165) is 12.8 Å². The number of carbonyl (C=O) groups excluding carboxylic acids is 4. The number of carbonyl (C=O) groups is 4. The molecule has 0 radical (unpaired) electrons. The van der Waals surface area contributed by atoms with Crippen LogP contribution in [0.15, 0.2) is 0 Å². The van der Waals surface area contributed by atoms with E-state index >= 15 is 0 Å². The van der Waals surface area contributed by atoms with Crippen molar-refractivity contribution in [1.82, 2.24) is 5.32 Å². The van der Waals surface area contributed by atoms with E-state index in [9.17, 15) is 19.2 Å². The van der Waals surface area contributed by atoms with Gasteiger partial charge in [0.2, 0.25) is 5.91 Å². The molecule has 138 valence electrons. The summed E-state index contributed by atoms with van der Waals surface area (Å²) in [6.07, 6.45) is 0.319. The summed E-state index contributed by atoms with van der Waals surface area (Å²) in [6.45, 7) is 6.76. The van der Waals surface area contributed by atoms with Crippen LogP contribution in [-0.4, -0.2) is 48.7 Å². The Morgan fingerprint density at radius 2 is 1.50 bits per heavy atom. The highest BCUT2D eigenvalue weighted by molar-refractivity contribution is 5.73. The van der Waals surface area contributed by atoms with Crippen LogP contribution in [0.2, 0.25) is 0 Å². The summed E-state index contributed by atoms with van der Waals surface area (Å²) in [6, 6.07) is -0.823. The van der Waals surface area contributed by atoms with Gasteiger partial charge in [0.25, 0.3) is 0 Å². The van der Waals surface area contributed by atoms with E-state index in [1.165, 1.54) is 27.7 Å². The molecular weight excluding hydrogens is 318 g/mol. The van der Waals surface area contributed by atoms with Crippen molar-refractivity contribution in [2.75, 3.05) is 6.61 Å². The third kappa shape index (κ3) is 9.81. The average Bonchev–Trinajstić information content (AvgIpc) is 2.44. The third-order valence-electron chi connectivity index (χ3n) is 3.08. The maximum atomic E-state index is 11.5. The standard InChI is InChI=1S/C16H27NO7/c1-6-7-8-15(23-12(4)20)16(24-13(5)21)14(17-10(2)18)9-22-11(3)19/h14-16H,6-9H2,1-5H3,(H,17,18)/t14-,15+,16+/m1/s1. The molecule has 0 spiro atoms. The molecule has 0 aliphatic rings. The second-order valence-electron chi connectivity index (χ2n) is 5.47. The molecule has 0 saturated heterocycles. The highest BCUT2D eigenvalue weighted by Crippen LogP contribution is 2.17. The number of nitrogens with one attached hydrogen (secondary N) is 1. The number of unbranched alkanes of at least 4 members (excludes halogenated alkanes) is 1. The second kappa shape index (κ2) is 11.4. The Bertz CT molecular complexity index is 450. The monoisotopic (exact) mass is 345 g/mol. The minimum Gasteiger partial charge on any atom is -0.464 e. The summed E-state index contributed by atoms with van der Waals surface area (Å²) in [5.74, 6) is -2.04. The maximum Gasteiger partial charge on any atom is 0.303 e. The topological polar surface area (TPSA) is 108 Å². The van der Waals surface area contributed by atoms with E-state index in [2.05, 4.69) is 5.32 Å². The predicted octanol–water partition coefficient (Wildman–Crippen LogP) is 1.11. The van der Waals surface area contributed by atoms with Crippen molar-refractivity contribution in [3.8, 4) is 0 Å². The van der Waals surface area contributed by atoms with Crippen LogP contribution < -0.4 is 5.32 Å². The SMILES string of the molecule is CCCC[C@H](OC(C)=O)[C@@H](OC(C)=O)[C@@H](COC(C)=O)NC(C)=O. The Morgan fingerprint density at radius 3 is 1.92 bits per heavy atom. The first-order valence-electron chi connectivity index (χ1n) is 7.92. The number of amides is 1. The van der Waals surface area contributed by atoms with Gasteiger partial charge in [0.05, 0.1) is 0 Å². The van der Waals surface area contributed by atoms with Crippen LogP contribution in [0.1, 0.15) is 53.9 Å². The fourth-order valence-electron chi connectivity index (χ4n) is 2.20. The van der Waals surface area contributed by atoms with Crippen LogP contribution in [0.4, 0.5) is 0 Å². The first-order valence-corrected chi connectivity index (χ1v) is 7.92. The predicted molar refractivity (Wildman–Crippen MR) is 84.9 cm³/mol. The van der Waals surface area contributed by atoms with Crippen molar-refractivity contribution in [3.05, 3.63) is 0 Å². The molecule has 0 fully saturated rings. The number of hydrogen-bond acceptors (Lipinski definition) is 7. The van der Waals surface area contributed by atoms with Crippen LogP contribution >= 0.6 is 0 Å². The molecule has 0 aliphatic carbocycles. The molecule has 0 aromatic carbocycles. The molecule has 0 heterocycles. The quantitative estimate of drug-likeness (QED) is 0.466. The fraction of sp³-hybridized carbons (Fsp3) is 0.750. The van der Waals surface area contributed by atoms with E-state index in [-0.39, 0.29) is 12.5 Å². The first kappa shape index (κ1) is 21.9. The van der Waals surface area contributed by atoms with Gasteiger partial charge in [-0.25, -0.2) is 0 Å². The average molecular weight is 345 g/mol. The first-order chi connectivity index (χ1) is 11.2. The Labute approximate surface area is 142 Å². The van der Waals surface area contributed by atoms with E-state index in [1.54, 1.807) is 0 Å². The van der Waals surface area contributed by atoms with Crippen molar-refractivity contribution in [1.29, 1.82) is 0 Å². The number of esters is 3. The molecule has 0 rings (SSSR count). The molecule has 0 aliphatic heterocycles. The van der Waals surface area contributed by atoms with Gasteiger partial charge in [0, 0.05) is 27.7 Å². The summed E-state index contributed by atoms with van der Waals surface area (Å²) in [5.41, 5.74) is 0. The van der Waals surface area contributed by atoms with E-state index in [4.69, 9.17) is 14.2 Å². The van der Waals surface area contributed by atoms with Crippen LogP contribution in [0.3, 0.4) is 0 Å². The van der Waals surface area contributed by atoms with E-state index in [0.29, 0.717) is 6.42 Å². The van der Waals surface area contributed by atoms with Crippen molar-refractivity contribution in [3.63, 3.8) is 0 Å². The lowest BCUT2D eigenvalue weighted by Crippen LogP contribution is -2.53. The molecule has 0 saturated carbocycles. The van der Waals surface area contributed by atoms with Crippen LogP contribution in [0.5, 0.6) is 0 Å². The lowest BCUT2D eigenvalue weighted by Gasteiger charge is -2.32. The van der Waals surface area contributed by atoms with E-state index in [1.807, 2.05) is 6.92 Å². The molecule has 1 N–H and O–H groups in total. The van der Waals surface area contributed by atoms with Gasteiger partial charge in [-0.05, 0) is 12.8 Å². The lowest BCUT2D eigenvalue weighted by molar-refractivity contribution is -0.171.